The van der Waals surface area contributed by atoms with E-state index in [9.17, 15) is 18.0 Å². The predicted molar refractivity (Wildman–Crippen MR) is 62.0 cm³/mol. The molecule has 108 valence electrons. The first-order valence-corrected chi connectivity index (χ1v) is 6.52. The molecule has 4 nitrogen and oxygen atoms in total. The largest absolute Gasteiger partial charge is 0.451 e. The molecule has 0 radical (unpaired) electrons. The number of hydrogen-bond donors (Lipinski definition) is 0. The fourth-order valence-electron chi connectivity index (χ4n) is 2.91. The van der Waals surface area contributed by atoms with Crippen molar-refractivity contribution in [3.63, 3.8) is 0 Å². The number of ether oxygens (including phenoxy) is 1. The summed E-state index contributed by atoms with van der Waals surface area (Å²) in [7, 11) is 0. The Morgan fingerprint density at radius 2 is 1.70 bits per heavy atom. The molecule has 2 fully saturated rings. The molecule has 0 aliphatic carbocycles. The number of fused-ring (bicyclic) bond motifs is 2. The van der Waals surface area contributed by atoms with Crippen molar-refractivity contribution in [2.75, 3.05) is 0 Å². The van der Waals surface area contributed by atoms with Crippen LogP contribution in [0.25, 0.3) is 0 Å². The van der Waals surface area contributed by atoms with E-state index in [1.54, 1.807) is 0 Å². The molecule has 0 amide bonds. The van der Waals surface area contributed by atoms with Crippen LogP contribution in [-0.4, -0.2) is 28.0 Å². The molecule has 0 aromatic carbocycles. The molecule has 7 heteroatoms. The van der Waals surface area contributed by atoms with Crippen LogP contribution < -0.4 is 0 Å². The van der Waals surface area contributed by atoms with Gasteiger partial charge in [-0.05, 0) is 25.7 Å². The second-order valence-corrected chi connectivity index (χ2v) is 5.28. The molecule has 1 aromatic rings. The van der Waals surface area contributed by atoms with Gasteiger partial charge in [0.1, 0.15) is 0 Å². The van der Waals surface area contributed by atoms with Crippen molar-refractivity contribution in [2.45, 2.75) is 44.1 Å². The highest BCUT2D eigenvalue weighted by molar-refractivity contribution is 5.97. The van der Waals surface area contributed by atoms with E-state index < -0.39 is 12.0 Å². The molecule has 2 bridgehead atoms. The van der Waals surface area contributed by atoms with E-state index in [0.717, 1.165) is 25.2 Å². The lowest BCUT2D eigenvalue weighted by Gasteiger charge is -2.27. The Labute approximate surface area is 113 Å². The second kappa shape index (κ2) is 4.80. The lowest BCUT2D eigenvalue weighted by molar-refractivity contribution is -0.145. The first kappa shape index (κ1) is 13.5. The molecule has 0 spiro atoms. The van der Waals surface area contributed by atoms with Gasteiger partial charge in [0.05, 0.1) is 17.8 Å². The highest BCUT2D eigenvalue weighted by Gasteiger charge is 2.39. The summed E-state index contributed by atoms with van der Waals surface area (Å²) in [5, 5.41) is 0. The van der Waals surface area contributed by atoms with Gasteiger partial charge in [0, 0.05) is 18.3 Å². The number of ketones is 1. The minimum absolute atomic E-state index is 0.109. The number of aromatic nitrogens is 2. The predicted octanol–water partition coefficient (Wildman–Crippen LogP) is 2.64. The van der Waals surface area contributed by atoms with Crippen LogP contribution >= 0.6 is 0 Å². The number of hydrogen-bond acceptors (Lipinski definition) is 4. The number of alkyl halides is 3. The zero-order chi connectivity index (χ0) is 14.3. The molecule has 3 rings (SSSR count). The third kappa shape index (κ3) is 2.54. The summed E-state index contributed by atoms with van der Waals surface area (Å²) in [4.78, 5) is 18.7. The van der Waals surface area contributed by atoms with Gasteiger partial charge in [-0.3, -0.25) is 4.79 Å². The normalized spacial score (nSPS) is 29.4. The maximum absolute atomic E-state index is 12.4. The van der Waals surface area contributed by atoms with Crippen molar-refractivity contribution < 1.29 is 22.7 Å². The van der Waals surface area contributed by atoms with E-state index in [0.29, 0.717) is 12.8 Å². The Morgan fingerprint density at radius 1 is 1.15 bits per heavy atom. The van der Waals surface area contributed by atoms with Crippen LogP contribution in [0.4, 0.5) is 13.2 Å². The maximum Gasteiger partial charge on any atom is 0.451 e. The molecular formula is C13H13F3N2O2. The van der Waals surface area contributed by atoms with E-state index in [2.05, 4.69) is 9.97 Å². The Morgan fingerprint density at radius 3 is 2.20 bits per heavy atom. The summed E-state index contributed by atoms with van der Waals surface area (Å²) in [6.07, 6.45) is 0.753. The molecule has 1 aromatic heterocycles. The Hall–Kier alpha value is -1.50. The van der Waals surface area contributed by atoms with Crippen molar-refractivity contribution in [2.24, 2.45) is 5.92 Å². The molecule has 20 heavy (non-hydrogen) atoms. The molecule has 2 saturated heterocycles. The van der Waals surface area contributed by atoms with E-state index in [4.69, 9.17) is 4.74 Å². The van der Waals surface area contributed by atoms with Gasteiger partial charge in [0.2, 0.25) is 5.82 Å². The lowest BCUT2D eigenvalue weighted by atomic mass is 9.89. The van der Waals surface area contributed by atoms with Gasteiger partial charge in [0.25, 0.3) is 0 Å². The first-order valence-electron chi connectivity index (χ1n) is 6.52. The van der Waals surface area contributed by atoms with Crippen molar-refractivity contribution in [1.29, 1.82) is 0 Å². The number of rotatable bonds is 2. The standard InChI is InChI=1S/C13H13F3N2O2/c14-13(15,16)12-17-5-8(6-18-12)11(19)7-3-9-1-2-10(4-7)20-9/h5-7,9-10H,1-4H2. The maximum atomic E-state index is 12.4. The van der Waals surface area contributed by atoms with Crippen LogP contribution in [0.15, 0.2) is 12.4 Å². The molecule has 0 saturated carbocycles. The van der Waals surface area contributed by atoms with Gasteiger partial charge in [-0.2, -0.15) is 13.2 Å². The molecule has 2 aliphatic rings. The quantitative estimate of drug-likeness (QED) is 0.784. The summed E-state index contributed by atoms with van der Waals surface area (Å²) in [6, 6.07) is 0. The van der Waals surface area contributed by atoms with Crippen molar-refractivity contribution in [1.82, 2.24) is 9.97 Å². The molecule has 3 heterocycles. The Balaban J connectivity index is 1.74. The van der Waals surface area contributed by atoms with Crippen molar-refractivity contribution in [3.05, 3.63) is 23.8 Å². The van der Waals surface area contributed by atoms with Crippen LogP contribution in [0.2, 0.25) is 0 Å². The minimum atomic E-state index is -4.58. The molecule has 0 N–H and O–H groups in total. The van der Waals surface area contributed by atoms with E-state index >= 15 is 0 Å². The lowest BCUT2D eigenvalue weighted by Crippen LogP contribution is -2.30. The second-order valence-electron chi connectivity index (χ2n) is 5.28. The van der Waals surface area contributed by atoms with E-state index in [-0.39, 0.29) is 29.5 Å². The van der Waals surface area contributed by atoms with Crippen LogP contribution in [0.3, 0.4) is 0 Å². The van der Waals surface area contributed by atoms with Crippen LogP contribution in [-0.2, 0) is 10.9 Å². The van der Waals surface area contributed by atoms with Crippen molar-refractivity contribution in [3.8, 4) is 0 Å². The topological polar surface area (TPSA) is 52.1 Å². The summed E-state index contributed by atoms with van der Waals surface area (Å²) >= 11 is 0. The average molecular weight is 286 g/mol. The van der Waals surface area contributed by atoms with Gasteiger partial charge in [-0.1, -0.05) is 0 Å². The van der Waals surface area contributed by atoms with Gasteiger partial charge in [0.15, 0.2) is 5.78 Å². The molecule has 2 aliphatic heterocycles. The Kier molecular flexibility index (Phi) is 3.24. The summed E-state index contributed by atoms with van der Waals surface area (Å²) in [6.45, 7) is 0. The number of halogens is 3. The summed E-state index contributed by atoms with van der Waals surface area (Å²) in [5.41, 5.74) is 0.143. The zero-order valence-electron chi connectivity index (χ0n) is 10.6. The highest BCUT2D eigenvalue weighted by Crippen LogP contribution is 2.37. The number of carbonyl (C=O) groups excluding carboxylic acids is 1. The van der Waals surface area contributed by atoms with Gasteiger partial charge >= 0.3 is 6.18 Å². The fraction of sp³-hybridized carbons (Fsp3) is 0.615. The summed E-state index contributed by atoms with van der Waals surface area (Å²) in [5.74, 6) is -1.60. The third-order valence-corrected chi connectivity index (χ3v) is 3.85. The first-order chi connectivity index (χ1) is 9.43. The molecule has 2 unspecified atom stereocenters. The highest BCUT2D eigenvalue weighted by atomic mass is 19.4. The van der Waals surface area contributed by atoms with Crippen molar-refractivity contribution >= 4 is 5.78 Å². The zero-order valence-corrected chi connectivity index (χ0v) is 10.6. The van der Waals surface area contributed by atoms with Gasteiger partial charge in [-0.25, -0.2) is 9.97 Å². The number of Topliss-reactive ketones (excluding diaryl/α,β-unsaturated/α-hetero) is 1. The van der Waals surface area contributed by atoms with E-state index in [1.165, 1.54) is 0 Å². The van der Waals surface area contributed by atoms with Crippen LogP contribution in [0.5, 0.6) is 0 Å². The van der Waals surface area contributed by atoms with Crippen LogP contribution in [0, 0.1) is 5.92 Å². The fourth-order valence-corrected chi connectivity index (χ4v) is 2.91. The van der Waals surface area contributed by atoms with Gasteiger partial charge in [-0.15, -0.1) is 0 Å². The van der Waals surface area contributed by atoms with Crippen LogP contribution in [0.1, 0.15) is 41.9 Å². The van der Waals surface area contributed by atoms with Gasteiger partial charge < -0.3 is 4.74 Å². The number of carbonyl (C=O) groups is 1. The SMILES string of the molecule is O=C(c1cnc(C(F)(F)F)nc1)C1CC2CCC(C1)O2. The summed E-state index contributed by atoms with van der Waals surface area (Å²) < 4.78 is 42.7. The smallest absolute Gasteiger partial charge is 0.375 e. The minimum Gasteiger partial charge on any atom is -0.375 e. The van der Waals surface area contributed by atoms with E-state index in [1.807, 2.05) is 0 Å². The monoisotopic (exact) mass is 286 g/mol. The third-order valence-electron chi connectivity index (χ3n) is 3.85. The number of nitrogens with zero attached hydrogens (tertiary/aromatic N) is 2. The molecular weight excluding hydrogens is 273 g/mol. The average Bonchev–Trinajstić information content (AvgIpc) is 2.76. The molecule has 2 atom stereocenters. The Bertz CT molecular complexity index is 503.